The van der Waals surface area contributed by atoms with Crippen molar-refractivity contribution in [1.82, 2.24) is 0 Å². The van der Waals surface area contributed by atoms with E-state index >= 15 is 0 Å². The molecule has 0 aromatic heterocycles. The van der Waals surface area contributed by atoms with Crippen LogP contribution in [-0.2, 0) is 14.3 Å². The topological polar surface area (TPSA) is 83.8 Å². The van der Waals surface area contributed by atoms with Crippen molar-refractivity contribution in [2.24, 2.45) is 0 Å². The maximum atomic E-state index is 9.82. The summed E-state index contributed by atoms with van der Waals surface area (Å²) in [5, 5.41) is 16.4. The van der Waals surface area contributed by atoms with Crippen LogP contribution in [0.1, 0.15) is 0 Å². The second kappa shape index (κ2) is 1.07. The number of cyclic esters (lactones) is 2. The first-order valence-corrected chi connectivity index (χ1v) is 1.76. The Morgan fingerprint density at radius 1 is 1.25 bits per heavy atom. The van der Waals surface area contributed by atoms with Crippen molar-refractivity contribution in [3.63, 3.8) is 0 Å². The van der Waals surface area contributed by atoms with Gasteiger partial charge >= 0.3 is 17.7 Å². The van der Waals surface area contributed by atoms with Crippen LogP contribution in [0.25, 0.3) is 0 Å². The Labute approximate surface area is 43.5 Å². The highest BCUT2D eigenvalue weighted by Gasteiger charge is 2.57. The summed E-state index contributed by atoms with van der Waals surface area (Å²) < 4.78 is 3.58. The second-order valence-corrected chi connectivity index (χ2v) is 1.35. The van der Waals surface area contributed by atoms with Gasteiger partial charge in [-0.3, -0.25) is 0 Å². The third kappa shape index (κ3) is 0.368. The summed E-state index contributed by atoms with van der Waals surface area (Å²) in [6.07, 6.45) is 0. The fourth-order valence-electron chi connectivity index (χ4n) is 0.263. The van der Waals surface area contributed by atoms with Gasteiger partial charge in [-0.15, -0.1) is 0 Å². The maximum Gasteiger partial charge on any atom is 0.386 e. The molecule has 0 saturated carbocycles. The van der Waals surface area contributed by atoms with Gasteiger partial charge < -0.3 is 14.9 Å². The highest BCUT2D eigenvalue weighted by molar-refractivity contribution is 6.14. The van der Waals surface area contributed by atoms with Crippen molar-refractivity contribution in [1.29, 1.82) is 0 Å². The lowest BCUT2D eigenvalue weighted by Gasteiger charge is -2.24. The van der Waals surface area contributed by atoms with E-state index in [2.05, 4.69) is 4.74 Å². The first kappa shape index (κ1) is 5.20. The molecule has 1 aliphatic heterocycles. The molecule has 5 nitrogen and oxygen atoms in total. The van der Waals surface area contributed by atoms with Gasteiger partial charge in [0.25, 0.3) is 0 Å². The molecule has 0 aliphatic carbocycles. The van der Waals surface area contributed by atoms with Crippen LogP contribution in [0.15, 0.2) is 0 Å². The molecule has 0 bridgehead atoms. The Kier molecular flexibility index (Phi) is 0.694. The zero-order valence-electron chi connectivity index (χ0n) is 3.62. The minimum atomic E-state index is -2.86. The lowest BCUT2D eigenvalue weighted by atomic mass is 10.2. The SMILES string of the molecule is O=C1OC(=O)C1(O)O. The van der Waals surface area contributed by atoms with Crippen LogP contribution in [0.5, 0.6) is 0 Å². The Bertz CT molecular complexity index is 141. The molecule has 1 rings (SSSR count). The highest BCUT2D eigenvalue weighted by atomic mass is 16.7. The number of esters is 2. The van der Waals surface area contributed by atoms with Crippen molar-refractivity contribution >= 4 is 11.9 Å². The van der Waals surface area contributed by atoms with Crippen molar-refractivity contribution in [3.8, 4) is 0 Å². The van der Waals surface area contributed by atoms with E-state index in [0.717, 1.165) is 0 Å². The summed E-state index contributed by atoms with van der Waals surface area (Å²) in [5.41, 5.74) is 0. The summed E-state index contributed by atoms with van der Waals surface area (Å²) in [6.45, 7) is 0. The van der Waals surface area contributed by atoms with Crippen LogP contribution in [0.2, 0.25) is 0 Å². The van der Waals surface area contributed by atoms with E-state index < -0.39 is 17.7 Å². The Balaban J connectivity index is 2.81. The van der Waals surface area contributed by atoms with Crippen LogP contribution in [0.3, 0.4) is 0 Å². The van der Waals surface area contributed by atoms with Gasteiger partial charge in [0.1, 0.15) is 0 Å². The molecule has 0 aromatic carbocycles. The predicted molar refractivity (Wildman–Crippen MR) is 18.3 cm³/mol. The molecule has 0 atom stereocenters. The number of carbonyl (C=O) groups excluding carboxylic acids is 2. The van der Waals surface area contributed by atoms with E-state index in [1.54, 1.807) is 0 Å². The van der Waals surface area contributed by atoms with Gasteiger partial charge in [0.05, 0.1) is 0 Å². The molecular weight excluding hydrogens is 116 g/mol. The molecule has 2 N–H and O–H groups in total. The summed E-state index contributed by atoms with van der Waals surface area (Å²) in [4.78, 5) is 19.6. The molecule has 0 radical (unpaired) electrons. The minimum Gasteiger partial charge on any atom is -0.384 e. The van der Waals surface area contributed by atoms with Gasteiger partial charge in [0, 0.05) is 0 Å². The first-order valence-electron chi connectivity index (χ1n) is 1.76. The molecule has 5 heteroatoms. The third-order valence-electron chi connectivity index (χ3n) is 0.755. The molecule has 1 fully saturated rings. The monoisotopic (exact) mass is 118 g/mol. The summed E-state index contributed by atoms with van der Waals surface area (Å²) in [7, 11) is 0. The van der Waals surface area contributed by atoms with Crippen LogP contribution in [-0.4, -0.2) is 27.9 Å². The van der Waals surface area contributed by atoms with Crippen LogP contribution in [0.4, 0.5) is 0 Å². The minimum absolute atomic E-state index is 1.32. The van der Waals surface area contributed by atoms with Gasteiger partial charge in [-0.05, 0) is 0 Å². The van der Waals surface area contributed by atoms with Crippen LogP contribution >= 0.6 is 0 Å². The summed E-state index contributed by atoms with van der Waals surface area (Å²) in [5.74, 6) is -5.50. The van der Waals surface area contributed by atoms with E-state index in [0.29, 0.717) is 0 Å². The Morgan fingerprint density at radius 2 is 1.62 bits per heavy atom. The first-order chi connectivity index (χ1) is 3.55. The van der Waals surface area contributed by atoms with Crippen LogP contribution in [0, 0.1) is 0 Å². The molecule has 44 valence electrons. The molecule has 0 aromatic rings. The average molecular weight is 118 g/mol. The molecule has 8 heavy (non-hydrogen) atoms. The number of ether oxygens (including phenoxy) is 1. The standard InChI is InChI=1S/C3H2O5/c4-1-3(6,7)2(5)8-1/h6-7H. The molecular formula is C3H2O5. The van der Waals surface area contributed by atoms with E-state index in [1.165, 1.54) is 0 Å². The van der Waals surface area contributed by atoms with E-state index in [-0.39, 0.29) is 0 Å². The normalized spacial score (nSPS) is 24.2. The summed E-state index contributed by atoms with van der Waals surface area (Å²) >= 11 is 0. The van der Waals surface area contributed by atoms with Gasteiger partial charge in [-0.25, -0.2) is 9.59 Å². The van der Waals surface area contributed by atoms with Crippen molar-refractivity contribution in [3.05, 3.63) is 0 Å². The number of hydrogen-bond acceptors (Lipinski definition) is 5. The second-order valence-electron chi connectivity index (χ2n) is 1.35. The number of carbonyl (C=O) groups is 2. The molecule has 1 heterocycles. The molecule has 1 aliphatic rings. The van der Waals surface area contributed by atoms with E-state index in [4.69, 9.17) is 10.2 Å². The average Bonchev–Trinajstić information content (AvgIpc) is 1.68. The van der Waals surface area contributed by atoms with Gasteiger partial charge in [0.2, 0.25) is 0 Å². The lowest BCUT2D eigenvalue weighted by molar-refractivity contribution is -0.251. The fraction of sp³-hybridized carbons (Fsp3) is 0.333. The van der Waals surface area contributed by atoms with Crippen LogP contribution < -0.4 is 0 Å². The largest absolute Gasteiger partial charge is 0.386 e. The Morgan fingerprint density at radius 3 is 1.62 bits per heavy atom. The molecule has 0 amide bonds. The van der Waals surface area contributed by atoms with Crippen molar-refractivity contribution in [2.75, 3.05) is 0 Å². The smallest absolute Gasteiger partial charge is 0.384 e. The van der Waals surface area contributed by atoms with E-state index in [1.807, 2.05) is 0 Å². The summed E-state index contributed by atoms with van der Waals surface area (Å²) in [6, 6.07) is 0. The highest BCUT2D eigenvalue weighted by Crippen LogP contribution is 2.15. The molecule has 0 spiro atoms. The van der Waals surface area contributed by atoms with Crippen molar-refractivity contribution in [2.45, 2.75) is 5.79 Å². The maximum absolute atomic E-state index is 9.82. The van der Waals surface area contributed by atoms with Gasteiger partial charge in [-0.1, -0.05) is 0 Å². The van der Waals surface area contributed by atoms with Crippen molar-refractivity contribution < 1.29 is 24.5 Å². The number of hydrogen-bond donors (Lipinski definition) is 2. The zero-order valence-corrected chi connectivity index (χ0v) is 3.62. The third-order valence-corrected chi connectivity index (χ3v) is 0.755. The fourth-order valence-corrected chi connectivity index (χ4v) is 0.263. The molecule has 0 unspecified atom stereocenters. The quantitative estimate of drug-likeness (QED) is 0.213. The number of aliphatic hydroxyl groups is 2. The van der Waals surface area contributed by atoms with Gasteiger partial charge in [0.15, 0.2) is 0 Å². The lowest BCUT2D eigenvalue weighted by Crippen LogP contribution is -2.59. The predicted octanol–water partition coefficient (Wildman–Crippen LogP) is -2.25. The van der Waals surface area contributed by atoms with Gasteiger partial charge in [-0.2, -0.15) is 0 Å². The van der Waals surface area contributed by atoms with E-state index in [9.17, 15) is 9.59 Å². The Hall–Kier alpha value is -0.940. The zero-order chi connectivity index (χ0) is 6.36. The molecule has 1 saturated heterocycles. The number of rotatable bonds is 0.